The van der Waals surface area contributed by atoms with E-state index in [0.717, 1.165) is 23.6 Å². The zero-order valence-electron chi connectivity index (χ0n) is 23.3. The maximum absolute atomic E-state index is 14.0. The standard InChI is InChI=1S/C29H34ClF3N4O4S/c1-42(39,40)36-11-10-27-25(19-36)28(34-37(27)18-24(38)17-35-12-14-41-15-13-35)22-6-9-26(29(31,32)33)21(16-22)5-2-20-3-7-23(30)8-4-20/h3-4,6-9,16,24,38H,2,5,10-15,17-19H2,1H3. The molecule has 2 aliphatic heterocycles. The van der Waals surface area contributed by atoms with E-state index in [1.807, 2.05) is 0 Å². The molecule has 0 aliphatic carbocycles. The molecule has 0 radical (unpaired) electrons. The number of morpholine rings is 1. The molecule has 1 fully saturated rings. The van der Waals surface area contributed by atoms with Gasteiger partial charge in [0.2, 0.25) is 10.0 Å². The van der Waals surface area contributed by atoms with Gasteiger partial charge in [0.05, 0.1) is 43.4 Å². The average molecular weight is 627 g/mol. The van der Waals surface area contributed by atoms with Crippen LogP contribution in [-0.4, -0.2) is 84.3 Å². The van der Waals surface area contributed by atoms with E-state index < -0.39 is 27.9 Å². The van der Waals surface area contributed by atoms with E-state index in [9.17, 15) is 26.7 Å². The van der Waals surface area contributed by atoms with Gasteiger partial charge < -0.3 is 9.84 Å². The van der Waals surface area contributed by atoms with Crippen molar-refractivity contribution in [1.29, 1.82) is 0 Å². The third-order valence-corrected chi connectivity index (χ3v) is 9.31. The molecule has 2 aliphatic rings. The van der Waals surface area contributed by atoms with Crippen molar-refractivity contribution >= 4 is 21.6 Å². The molecule has 1 saturated heterocycles. The molecular weight excluding hydrogens is 593 g/mol. The Labute approximate surface area is 248 Å². The Kier molecular flexibility index (Phi) is 9.31. The van der Waals surface area contributed by atoms with Crippen LogP contribution < -0.4 is 0 Å². The number of sulfonamides is 1. The highest BCUT2D eigenvalue weighted by atomic mass is 35.5. The lowest BCUT2D eigenvalue weighted by Crippen LogP contribution is -2.42. The van der Waals surface area contributed by atoms with Crippen LogP contribution in [0.15, 0.2) is 42.5 Å². The quantitative estimate of drug-likeness (QED) is 0.386. The molecule has 0 spiro atoms. The highest BCUT2D eigenvalue weighted by Gasteiger charge is 2.35. The van der Waals surface area contributed by atoms with Crippen LogP contribution in [-0.2, 0) is 53.3 Å². The maximum atomic E-state index is 14.0. The van der Waals surface area contributed by atoms with Crippen molar-refractivity contribution in [3.8, 4) is 11.3 Å². The van der Waals surface area contributed by atoms with E-state index in [1.165, 1.54) is 16.4 Å². The Hall–Kier alpha value is -2.48. The zero-order chi connectivity index (χ0) is 30.1. The predicted molar refractivity (Wildman–Crippen MR) is 154 cm³/mol. The highest BCUT2D eigenvalue weighted by molar-refractivity contribution is 7.88. The molecule has 0 saturated carbocycles. The second-order valence-electron chi connectivity index (χ2n) is 10.9. The molecule has 3 aromatic rings. The molecule has 13 heteroatoms. The maximum Gasteiger partial charge on any atom is 0.416 e. The second-order valence-corrected chi connectivity index (χ2v) is 13.3. The van der Waals surface area contributed by atoms with E-state index in [4.69, 9.17) is 21.4 Å². The smallest absolute Gasteiger partial charge is 0.390 e. The Morgan fingerprint density at radius 2 is 1.76 bits per heavy atom. The predicted octanol–water partition coefficient (Wildman–Crippen LogP) is 4.02. The molecule has 2 aromatic carbocycles. The van der Waals surface area contributed by atoms with Crippen molar-refractivity contribution < 1.29 is 31.4 Å². The fourth-order valence-corrected chi connectivity index (χ4v) is 6.54. The van der Waals surface area contributed by atoms with Gasteiger partial charge in [0.15, 0.2) is 0 Å². The summed E-state index contributed by atoms with van der Waals surface area (Å²) in [6.45, 7) is 3.56. The highest BCUT2D eigenvalue weighted by Crippen LogP contribution is 2.37. The van der Waals surface area contributed by atoms with Gasteiger partial charge in [-0.25, -0.2) is 8.42 Å². The van der Waals surface area contributed by atoms with Crippen molar-refractivity contribution in [2.24, 2.45) is 0 Å². The van der Waals surface area contributed by atoms with Gasteiger partial charge in [-0.15, -0.1) is 0 Å². The fraction of sp³-hybridized carbons (Fsp3) is 0.483. The topological polar surface area (TPSA) is 87.9 Å². The van der Waals surface area contributed by atoms with Gasteiger partial charge >= 0.3 is 6.18 Å². The number of ether oxygens (including phenoxy) is 1. The van der Waals surface area contributed by atoms with Crippen molar-refractivity contribution in [2.45, 2.75) is 44.6 Å². The van der Waals surface area contributed by atoms with Crippen LogP contribution in [0.2, 0.25) is 5.02 Å². The number of fused-ring (bicyclic) bond motifs is 1. The van der Waals surface area contributed by atoms with Crippen LogP contribution >= 0.6 is 11.6 Å². The number of halogens is 4. The van der Waals surface area contributed by atoms with Gasteiger partial charge in [0.25, 0.3) is 0 Å². The summed E-state index contributed by atoms with van der Waals surface area (Å²) in [5.74, 6) is 0. The van der Waals surface area contributed by atoms with Gasteiger partial charge in [-0.1, -0.05) is 29.8 Å². The average Bonchev–Trinajstić information content (AvgIpc) is 3.29. The molecule has 0 amide bonds. The van der Waals surface area contributed by atoms with Crippen LogP contribution in [0.1, 0.15) is 27.9 Å². The molecule has 228 valence electrons. The lowest BCUT2D eigenvalue weighted by molar-refractivity contribution is -0.138. The molecular formula is C29H34ClF3N4O4S. The number of nitrogens with zero attached hydrogens (tertiary/aromatic N) is 4. The molecule has 1 N–H and O–H groups in total. The number of aryl methyl sites for hydroxylation is 2. The Bertz CT molecular complexity index is 1510. The molecule has 1 unspecified atom stereocenters. The zero-order valence-corrected chi connectivity index (χ0v) is 24.9. The van der Waals surface area contributed by atoms with Crippen molar-refractivity contribution in [2.75, 3.05) is 45.6 Å². The van der Waals surface area contributed by atoms with Crippen molar-refractivity contribution in [3.63, 3.8) is 0 Å². The number of aromatic nitrogens is 2. The Morgan fingerprint density at radius 1 is 1.05 bits per heavy atom. The second kappa shape index (κ2) is 12.6. The minimum absolute atomic E-state index is 0.0597. The first kappa shape index (κ1) is 31.0. The summed E-state index contributed by atoms with van der Waals surface area (Å²) >= 11 is 5.96. The third-order valence-electron chi connectivity index (χ3n) is 7.80. The van der Waals surface area contributed by atoms with E-state index in [2.05, 4.69) is 4.90 Å². The first-order chi connectivity index (χ1) is 19.9. The number of alkyl halides is 3. The summed E-state index contributed by atoms with van der Waals surface area (Å²) in [6.07, 6.45) is -3.24. The largest absolute Gasteiger partial charge is 0.416 e. The van der Waals surface area contributed by atoms with E-state index >= 15 is 0 Å². The lowest BCUT2D eigenvalue weighted by Gasteiger charge is -2.29. The number of hydrogen-bond donors (Lipinski definition) is 1. The molecule has 3 heterocycles. The molecule has 1 aromatic heterocycles. The number of hydrogen-bond acceptors (Lipinski definition) is 6. The van der Waals surface area contributed by atoms with Gasteiger partial charge in [-0.3, -0.25) is 9.58 Å². The van der Waals surface area contributed by atoms with Gasteiger partial charge in [0.1, 0.15) is 0 Å². The Balaban J connectivity index is 1.49. The number of benzene rings is 2. The molecule has 1 atom stereocenters. The van der Waals surface area contributed by atoms with Crippen LogP contribution in [0.4, 0.5) is 13.2 Å². The Morgan fingerprint density at radius 3 is 2.43 bits per heavy atom. The van der Waals surface area contributed by atoms with E-state index in [1.54, 1.807) is 28.9 Å². The summed E-state index contributed by atoms with van der Waals surface area (Å²) in [5, 5.41) is 16.2. The molecule has 0 bridgehead atoms. The summed E-state index contributed by atoms with van der Waals surface area (Å²) in [5.41, 5.74) is 2.61. The van der Waals surface area contributed by atoms with Crippen LogP contribution in [0, 0.1) is 0 Å². The number of β-amino-alcohol motifs (C(OH)–C–C–N with tert-alkyl or cyclic N) is 1. The van der Waals surface area contributed by atoms with Crippen molar-refractivity contribution in [3.05, 3.63) is 75.4 Å². The normalized spacial score (nSPS) is 17.8. The summed E-state index contributed by atoms with van der Waals surface area (Å²) in [7, 11) is -3.51. The van der Waals surface area contributed by atoms with Crippen molar-refractivity contribution in [1.82, 2.24) is 19.0 Å². The summed E-state index contributed by atoms with van der Waals surface area (Å²) in [6, 6.07) is 11.0. The lowest BCUT2D eigenvalue weighted by atomic mass is 9.94. The molecule has 42 heavy (non-hydrogen) atoms. The fourth-order valence-electron chi connectivity index (χ4n) is 5.63. The molecule has 8 nitrogen and oxygen atoms in total. The minimum Gasteiger partial charge on any atom is -0.390 e. The monoisotopic (exact) mass is 626 g/mol. The van der Waals surface area contributed by atoms with Crippen LogP contribution in [0.25, 0.3) is 11.3 Å². The van der Waals surface area contributed by atoms with Crippen LogP contribution in [0.5, 0.6) is 0 Å². The van der Waals surface area contributed by atoms with E-state index in [-0.39, 0.29) is 31.6 Å². The third kappa shape index (κ3) is 7.35. The number of rotatable bonds is 9. The van der Waals surface area contributed by atoms with Gasteiger partial charge in [0, 0.05) is 61.0 Å². The summed E-state index contributed by atoms with van der Waals surface area (Å²) in [4.78, 5) is 2.11. The van der Waals surface area contributed by atoms with Gasteiger partial charge in [-0.2, -0.15) is 22.6 Å². The summed E-state index contributed by atoms with van der Waals surface area (Å²) < 4.78 is 75.3. The SMILES string of the molecule is CS(=O)(=O)N1CCc2c(c(-c3ccc(C(F)(F)F)c(CCc4ccc(Cl)cc4)c3)nn2CC(O)CN2CCOCC2)C1. The number of aliphatic hydroxyl groups excluding tert-OH is 1. The number of aliphatic hydroxyl groups is 1. The first-order valence-electron chi connectivity index (χ1n) is 13.9. The molecule has 5 rings (SSSR count). The minimum atomic E-state index is -4.54. The first-order valence-corrected chi connectivity index (χ1v) is 16.1. The van der Waals surface area contributed by atoms with E-state index in [0.29, 0.717) is 67.5 Å². The van der Waals surface area contributed by atoms with Gasteiger partial charge in [-0.05, 0) is 48.2 Å². The van der Waals surface area contributed by atoms with Crippen LogP contribution in [0.3, 0.4) is 0 Å².